The summed E-state index contributed by atoms with van der Waals surface area (Å²) >= 11 is 0. The van der Waals surface area contributed by atoms with E-state index in [1.54, 1.807) is 0 Å². The van der Waals surface area contributed by atoms with Gasteiger partial charge in [-0.2, -0.15) is 0 Å². The molecule has 0 radical (unpaired) electrons. The van der Waals surface area contributed by atoms with Gasteiger partial charge >= 0.3 is 0 Å². The minimum atomic E-state index is -0.0837. The molecule has 3 unspecified atom stereocenters. The third kappa shape index (κ3) is 2.96. The summed E-state index contributed by atoms with van der Waals surface area (Å²) in [5.74, 6) is 0.786. The lowest BCUT2D eigenvalue weighted by Gasteiger charge is -2.39. The van der Waals surface area contributed by atoms with Crippen LogP contribution in [0.3, 0.4) is 0 Å². The quantitative estimate of drug-likeness (QED) is 0.727. The van der Waals surface area contributed by atoms with E-state index in [9.17, 15) is 5.11 Å². The highest BCUT2D eigenvalue weighted by molar-refractivity contribution is 4.86. The molecule has 0 bridgehead atoms. The highest BCUT2D eigenvalue weighted by atomic mass is 16.3. The van der Waals surface area contributed by atoms with Crippen molar-refractivity contribution in [3.63, 3.8) is 0 Å². The van der Waals surface area contributed by atoms with Crippen LogP contribution >= 0.6 is 0 Å². The van der Waals surface area contributed by atoms with Crippen LogP contribution in [0, 0.1) is 5.92 Å². The van der Waals surface area contributed by atoms with E-state index in [1.165, 1.54) is 32.4 Å². The average Bonchev–Trinajstić information content (AvgIpc) is 2.47. The van der Waals surface area contributed by atoms with Gasteiger partial charge in [-0.15, -0.1) is 0 Å². The Kier molecular flexibility index (Phi) is 4.22. The average molecular weight is 226 g/mol. The predicted octanol–water partition coefficient (Wildman–Crippen LogP) is 1.17. The van der Waals surface area contributed by atoms with Crippen molar-refractivity contribution in [3.05, 3.63) is 0 Å². The Hall–Kier alpha value is -0.120. The summed E-state index contributed by atoms with van der Waals surface area (Å²) in [6.45, 7) is 6.97. The molecule has 1 saturated heterocycles. The zero-order valence-corrected chi connectivity index (χ0v) is 10.7. The van der Waals surface area contributed by atoms with Gasteiger partial charge in [0.2, 0.25) is 0 Å². The number of likely N-dealkylation sites (N-methyl/N-ethyl adjacent to an activating group) is 1. The molecule has 2 aliphatic rings. The van der Waals surface area contributed by atoms with Gasteiger partial charge in [-0.25, -0.2) is 0 Å². The minimum Gasteiger partial charge on any atom is -0.391 e. The summed E-state index contributed by atoms with van der Waals surface area (Å²) in [4.78, 5) is 4.93. The van der Waals surface area contributed by atoms with Gasteiger partial charge in [0.25, 0.3) is 0 Å². The van der Waals surface area contributed by atoms with E-state index in [1.807, 2.05) is 0 Å². The first kappa shape index (κ1) is 12.3. The Bertz CT molecular complexity index is 222. The summed E-state index contributed by atoms with van der Waals surface area (Å²) in [5, 5.41) is 10.1. The van der Waals surface area contributed by atoms with Crippen LogP contribution in [-0.2, 0) is 0 Å². The molecule has 2 rings (SSSR count). The van der Waals surface area contributed by atoms with E-state index >= 15 is 0 Å². The molecule has 1 aliphatic carbocycles. The predicted molar refractivity (Wildman–Crippen MR) is 66.5 cm³/mol. The van der Waals surface area contributed by atoms with Crippen molar-refractivity contribution in [3.8, 4) is 0 Å². The molecular weight excluding hydrogens is 200 g/mol. The summed E-state index contributed by atoms with van der Waals surface area (Å²) < 4.78 is 0. The molecule has 1 aliphatic heterocycles. The first-order chi connectivity index (χ1) is 7.66. The molecule has 1 saturated carbocycles. The summed E-state index contributed by atoms with van der Waals surface area (Å²) in [5.41, 5.74) is 0. The van der Waals surface area contributed by atoms with Crippen LogP contribution < -0.4 is 0 Å². The second-order valence-electron chi connectivity index (χ2n) is 5.75. The van der Waals surface area contributed by atoms with Crippen molar-refractivity contribution < 1.29 is 5.11 Å². The SMILES string of the molecule is CC1CCC(O)C(N2CCCN(C)CC2)C1. The molecule has 3 heteroatoms. The van der Waals surface area contributed by atoms with Crippen molar-refractivity contribution in [1.29, 1.82) is 0 Å². The third-order valence-electron chi connectivity index (χ3n) is 4.27. The fourth-order valence-corrected chi connectivity index (χ4v) is 3.13. The maximum absolute atomic E-state index is 10.1. The molecular formula is C13H26N2O. The Morgan fingerprint density at radius 1 is 1.06 bits per heavy atom. The largest absolute Gasteiger partial charge is 0.391 e. The molecule has 94 valence electrons. The van der Waals surface area contributed by atoms with Crippen LogP contribution in [0.5, 0.6) is 0 Å². The molecule has 0 aromatic rings. The molecule has 1 N–H and O–H groups in total. The molecule has 0 spiro atoms. The molecule has 2 fully saturated rings. The van der Waals surface area contributed by atoms with Crippen molar-refractivity contribution in [2.75, 3.05) is 33.2 Å². The highest BCUT2D eigenvalue weighted by Gasteiger charge is 2.32. The third-order valence-corrected chi connectivity index (χ3v) is 4.27. The molecule has 16 heavy (non-hydrogen) atoms. The van der Waals surface area contributed by atoms with Crippen LogP contribution in [0.15, 0.2) is 0 Å². The number of nitrogens with zero attached hydrogens (tertiary/aromatic N) is 2. The maximum Gasteiger partial charge on any atom is 0.0695 e. The first-order valence-electron chi connectivity index (χ1n) is 6.77. The van der Waals surface area contributed by atoms with Crippen LogP contribution in [0.25, 0.3) is 0 Å². The second kappa shape index (κ2) is 5.48. The standard InChI is InChI=1S/C13H26N2O/c1-11-4-5-13(16)12(10-11)15-7-3-6-14(2)8-9-15/h11-13,16H,3-10H2,1-2H3. The first-order valence-corrected chi connectivity index (χ1v) is 6.77. The number of aliphatic hydroxyl groups excluding tert-OH is 1. The highest BCUT2D eigenvalue weighted by Crippen LogP contribution is 2.28. The molecule has 0 aromatic heterocycles. The van der Waals surface area contributed by atoms with Crippen LogP contribution in [0.4, 0.5) is 0 Å². The topological polar surface area (TPSA) is 26.7 Å². The number of aliphatic hydroxyl groups is 1. The van der Waals surface area contributed by atoms with Crippen molar-refractivity contribution in [2.45, 2.75) is 44.8 Å². The number of hydrogen-bond donors (Lipinski definition) is 1. The van der Waals surface area contributed by atoms with E-state index in [2.05, 4.69) is 23.8 Å². The minimum absolute atomic E-state index is 0.0837. The van der Waals surface area contributed by atoms with Crippen LogP contribution in [-0.4, -0.2) is 60.3 Å². The zero-order valence-electron chi connectivity index (χ0n) is 10.7. The Morgan fingerprint density at radius 2 is 1.88 bits per heavy atom. The molecule has 3 atom stereocenters. The number of rotatable bonds is 1. The van der Waals surface area contributed by atoms with Gasteiger partial charge in [-0.1, -0.05) is 6.92 Å². The van der Waals surface area contributed by atoms with E-state index in [-0.39, 0.29) is 6.10 Å². The summed E-state index contributed by atoms with van der Waals surface area (Å²) in [6, 6.07) is 0.426. The molecule has 1 heterocycles. The van der Waals surface area contributed by atoms with Gasteiger partial charge in [0, 0.05) is 19.1 Å². The lowest BCUT2D eigenvalue weighted by Crippen LogP contribution is -2.48. The summed E-state index contributed by atoms with van der Waals surface area (Å²) in [7, 11) is 2.20. The fourth-order valence-electron chi connectivity index (χ4n) is 3.13. The van der Waals surface area contributed by atoms with Gasteiger partial charge in [0.05, 0.1) is 6.10 Å². The second-order valence-corrected chi connectivity index (χ2v) is 5.75. The zero-order chi connectivity index (χ0) is 11.5. The van der Waals surface area contributed by atoms with Crippen LogP contribution in [0.1, 0.15) is 32.6 Å². The van der Waals surface area contributed by atoms with E-state index in [4.69, 9.17) is 0 Å². The molecule has 3 nitrogen and oxygen atoms in total. The Balaban J connectivity index is 1.93. The van der Waals surface area contributed by atoms with Crippen LogP contribution in [0.2, 0.25) is 0 Å². The number of hydrogen-bond acceptors (Lipinski definition) is 3. The lowest BCUT2D eigenvalue weighted by molar-refractivity contribution is 0.00756. The van der Waals surface area contributed by atoms with E-state index in [0.29, 0.717) is 6.04 Å². The van der Waals surface area contributed by atoms with Crippen molar-refractivity contribution in [1.82, 2.24) is 9.80 Å². The van der Waals surface area contributed by atoms with Gasteiger partial charge in [-0.05, 0) is 51.7 Å². The van der Waals surface area contributed by atoms with E-state index in [0.717, 1.165) is 25.4 Å². The van der Waals surface area contributed by atoms with Gasteiger partial charge in [0.1, 0.15) is 0 Å². The smallest absolute Gasteiger partial charge is 0.0695 e. The molecule has 0 aromatic carbocycles. The maximum atomic E-state index is 10.1. The normalized spacial score (nSPS) is 39.6. The van der Waals surface area contributed by atoms with Gasteiger partial charge in [-0.3, -0.25) is 4.90 Å². The summed E-state index contributed by atoms with van der Waals surface area (Å²) in [6.07, 6.45) is 4.54. The van der Waals surface area contributed by atoms with Crippen molar-refractivity contribution in [2.24, 2.45) is 5.92 Å². The monoisotopic (exact) mass is 226 g/mol. The Morgan fingerprint density at radius 3 is 2.69 bits per heavy atom. The van der Waals surface area contributed by atoms with Gasteiger partial charge in [0.15, 0.2) is 0 Å². The fraction of sp³-hybridized carbons (Fsp3) is 1.00. The van der Waals surface area contributed by atoms with E-state index < -0.39 is 0 Å². The lowest BCUT2D eigenvalue weighted by atomic mass is 9.84. The Labute approximate surface area is 99.4 Å². The molecule has 0 amide bonds. The van der Waals surface area contributed by atoms with Gasteiger partial charge < -0.3 is 10.0 Å². The van der Waals surface area contributed by atoms with Crippen molar-refractivity contribution >= 4 is 0 Å².